The molecule has 12 heavy (non-hydrogen) atoms. The minimum atomic E-state index is -3.39. The summed E-state index contributed by atoms with van der Waals surface area (Å²) < 4.78 is 15.8. The second-order valence-electron chi connectivity index (χ2n) is 2.37. The van der Waals surface area contributed by atoms with E-state index in [0.717, 1.165) is 12.8 Å². The summed E-state index contributed by atoms with van der Waals surface area (Å²) >= 11 is 0. The first-order chi connectivity index (χ1) is 5.62. The van der Waals surface area contributed by atoms with Crippen molar-refractivity contribution in [3.63, 3.8) is 0 Å². The maximum atomic E-state index is 11.0. The Morgan fingerprint density at radius 1 is 1.42 bits per heavy atom. The van der Waals surface area contributed by atoms with E-state index in [1.165, 1.54) is 6.08 Å². The van der Waals surface area contributed by atoms with E-state index < -0.39 is 7.60 Å². The molecule has 0 aliphatic carbocycles. The minimum Gasteiger partial charge on any atom is -0.324 e. The normalized spacial score (nSPS) is 15.1. The van der Waals surface area contributed by atoms with E-state index in [-0.39, 0.29) is 6.16 Å². The average molecular weight is 190 g/mol. The molecule has 1 atom stereocenters. The smallest absolute Gasteiger partial charge is 0.324 e. The third kappa shape index (κ3) is 6.35. The Morgan fingerprint density at radius 3 is 2.58 bits per heavy atom. The van der Waals surface area contributed by atoms with Gasteiger partial charge in [0, 0.05) is 0 Å². The molecule has 0 spiro atoms. The van der Waals surface area contributed by atoms with Crippen molar-refractivity contribution in [1.82, 2.24) is 0 Å². The van der Waals surface area contributed by atoms with Gasteiger partial charge in [-0.15, -0.1) is 13.2 Å². The summed E-state index contributed by atoms with van der Waals surface area (Å²) in [6, 6.07) is 0. The second-order valence-corrected chi connectivity index (χ2v) is 4.27. The summed E-state index contributed by atoms with van der Waals surface area (Å²) in [4.78, 5) is 9.05. The zero-order valence-electron chi connectivity index (χ0n) is 7.11. The number of hydrogen-bond acceptors (Lipinski definition) is 2. The van der Waals surface area contributed by atoms with Crippen LogP contribution in [-0.4, -0.2) is 17.7 Å². The lowest BCUT2D eigenvalue weighted by molar-refractivity contribution is 0.259. The second kappa shape index (κ2) is 6.18. The Morgan fingerprint density at radius 2 is 2.08 bits per heavy atom. The fourth-order valence-corrected chi connectivity index (χ4v) is 1.50. The molecule has 1 unspecified atom stereocenters. The predicted molar refractivity (Wildman–Crippen MR) is 50.3 cm³/mol. The standard InChI is InChI=1S/C8H15O3P/c1-3-5-6-7-11-12(9,10)8-4-2/h3-4H,1-2,5-8H2,(H,9,10). The summed E-state index contributed by atoms with van der Waals surface area (Å²) in [7, 11) is -3.39. The SMILES string of the molecule is C=CCCCOP(=O)(O)CC=C. The van der Waals surface area contributed by atoms with Gasteiger partial charge in [-0.3, -0.25) is 4.57 Å². The molecule has 4 heteroatoms. The van der Waals surface area contributed by atoms with Gasteiger partial charge in [0.25, 0.3) is 0 Å². The van der Waals surface area contributed by atoms with Crippen LogP contribution in [0.5, 0.6) is 0 Å². The third-order valence-electron chi connectivity index (χ3n) is 1.21. The van der Waals surface area contributed by atoms with E-state index in [0.29, 0.717) is 6.61 Å². The molecule has 0 saturated carbocycles. The molecule has 3 nitrogen and oxygen atoms in total. The van der Waals surface area contributed by atoms with E-state index >= 15 is 0 Å². The molecule has 0 aromatic heterocycles. The van der Waals surface area contributed by atoms with Crippen molar-refractivity contribution in [1.29, 1.82) is 0 Å². The summed E-state index contributed by atoms with van der Waals surface area (Å²) in [5, 5.41) is 0. The van der Waals surface area contributed by atoms with Crippen molar-refractivity contribution in [2.45, 2.75) is 12.8 Å². The molecule has 0 aliphatic rings. The van der Waals surface area contributed by atoms with Crippen LogP contribution in [0.4, 0.5) is 0 Å². The van der Waals surface area contributed by atoms with Crippen molar-refractivity contribution in [3.05, 3.63) is 25.3 Å². The molecule has 0 bridgehead atoms. The fourth-order valence-electron chi connectivity index (χ4n) is 0.651. The number of rotatable bonds is 7. The van der Waals surface area contributed by atoms with Crippen molar-refractivity contribution in [3.8, 4) is 0 Å². The van der Waals surface area contributed by atoms with Gasteiger partial charge in [0.05, 0.1) is 12.8 Å². The Labute approximate surface area is 73.3 Å². The lowest BCUT2D eigenvalue weighted by atomic mass is 10.3. The molecule has 0 rings (SSSR count). The molecular formula is C8H15O3P. The van der Waals surface area contributed by atoms with Crippen LogP contribution >= 0.6 is 7.60 Å². The molecule has 0 amide bonds. The molecule has 70 valence electrons. The summed E-state index contributed by atoms with van der Waals surface area (Å²) in [6.07, 6.45) is 4.67. The first kappa shape index (κ1) is 11.6. The molecule has 0 aromatic carbocycles. The predicted octanol–water partition coefficient (Wildman–Crippen LogP) is 2.34. The molecule has 0 radical (unpaired) electrons. The largest absolute Gasteiger partial charge is 0.331 e. The van der Waals surface area contributed by atoms with Gasteiger partial charge >= 0.3 is 7.60 Å². The Balaban J connectivity index is 3.53. The fraction of sp³-hybridized carbons (Fsp3) is 0.500. The van der Waals surface area contributed by atoms with Crippen molar-refractivity contribution >= 4 is 7.60 Å². The van der Waals surface area contributed by atoms with E-state index in [1.54, 1.807) is 6.08 Å². The van der Waals surface area contributed by atoms with Crippen LogP contribution in [0.25, 0.3) is 0 Å². The summed E-state index contributed by atoms with van der Waals surface area (Å²) in [5.41, 5.74) is 0. The van der Waals surface area contributed by atoms with Gasteiger partial charge in [0.1, 0.15) is 0 Å². The van der Waals surface area contributed by atoms with E-state index in [1.807, 2.05) is 0 Å². The zero-order chi connectivity index (χ0) is 9.45. The van der Waals surface area contributed by atoms with Gasteiger partial charge in [-0.2, -0.15) is 0 Å². The highest BCUT2D eigenvalue weighted by atomic mass is 31.2. The van der Waals surface area contributed by atoms with Crippen molar-refractivity contribution < 1.29 is 14.0 Å². The van der Waals surface area contributed by atoms with Gasteiger partial charge < -0.3 is 9.42 Å². The molecule has 1 N–H and O–H groups in total. The van der Waals surface area contributed by atoms with E-state index in [9.17, 15) is 4.57 Å². The van der Waals surface area contributed by atoms with Crippen LogP contribution in [0.15, 0.2) is 25.3 Å². The van der Waals surface area contributed by atoms with Gasteiger partial charge in [-0.25, -0.2) is 0 Å². The highest BCUT2D eigenvalue weighted by molar-refractivity contribution is 7.53. The number of allylic oxidation sites excluding steroid dienone is 2. The molecule has 0 aromatic rings. The zero-order valence-corrected chi connectivity index (χ0v) is 8.00. The molecular weight excluding hydrogens is 175 g/mol. The van der Waals surface area contributed by atoms with Gasteiger partial charge in [0.2, 0.25) is 0 Å². The van der Waals surface area contributed by atoms with Crippen LogP contribution in [0.2, 0.25) is 0 Å². The summed E-state index contributed by atoms with van der Waals surface area (Å²) in [5.74, 6) is 0. The van der Waals surface area contributed by atoms with E-state index in [4.69, 9.17) is 9.42 Å². The van der Waals surface area contributed by atoms with Gasteiger partial charge in [-0.05, 0) is 12.8 Å². The van der Waals surface area contributed by atoms with Crippen LogP contribution in [0.1, 0.15) is 12.8 Å². The maximum absolute atomic E-state index is 11.0. The van der Waals surface area contributed by atoms with Crippen molar-refractivity contribution in [2.24, 2.45) is 0 Å². The maximum Gasteiger partial charge on any atom is 0.331 e. The highest BCUT2D eigenvalue weighted by Crippen LogP contribution is 2.41. The first-order valence-corrected chi connectivity index (χ1v) is 5.57. The average Bonchev–Trinajstić information content (AvgIpc) is 1.98. The minimum absolute atomic E-state index is 0.0150. The van der Waals surface area contributed by atoms with Crippen LogP contribution in [-0.2, 0) is 9.09 Å². The Hall–Kier alpha value is -0.370. The quantitative estimate of drug-likeness (QED) is 0.380. The molecule has 0 heterocycles. The lowest BCUT2D eigenvalue weighted by Crippen LogP contribution is -1.94. The monoisotopic (exact) mass is 190 g/mol. The van der Waals surface area contributed by atoms with Gasteiger partial charge in [-0.1, -0.05) is 12.2 Å². The molecule has 0 saturated heterocycles. The third-order valence-corrected chi connectivity index (χ3v) is 2.51. The van der Waals surface area contributed by atoms with Gasteiger partial charge in [0.15, 0.2) is 0 Å². The topological polar surface area (TPSA) is 46.5 Å². The van der Waals surface area contributed by atoms with Crippen LogP contribution in [0, 0.1) is 0 Å². The highest BCUT2D eigenvalue weighted by Gasteiger charge is 2.15. The number of unbranched alkanes of at least 4 members (excludes halogenated alkanes) is 1. The van der Waals surface area contributed by atoms with Crippen LogP contribution < -0.4 is 0 Å². The Bertz CT molecular complexity index is 189. The molecule has 0 aliphatic heterocycles. The van der Waals surface area contributed by atoms with Crippen molar-refractivity contribution in [2.75, 3.05) is 12.8 Å². The number of hydrogen-bond donors (Lipinski definition) is 1. The lowest BCUT2D eigenvalue weighted by Gasteiger charge is -2.08. The van der Waals surface area contributed by atoms with Crippen LogP contribution in [0.3, 0.4) is 0 Å². The Kier molecular flexibility index (Phi) is 5.99. The first-order valence-electron chi connectivity index (χ1n) is 3.80. The van der Waals surface area contributed by atoms with E-state index in [2.05, 4.69) is 13.2 Å². The molecule has 0 fully saturated rings. The summed E-state index contributed by atoms with van der Waals surface area (Å²) in [6.45, 7) is 7.19.